The SMILES string of the molecule is CC(CO)CO.CCC(C)CC.CCC(C)CO. The molecule has 0 rings (SSSR count). The van der Waals surface area contributed by atoms with Crippen LogP contribution in [-0.4, -0.2) is 35.1 Å². The third-order valence-electron chi connectivity index (χ3n) is 3.03. The summed E-state index contributed by atoms with van der Waals surface area (Å²) in [6.45, 7) is 13.1. The summed E-state index contributed by atoms with van der Waals surface area (Å²) in [6, 6.07) is 0. The molecule has 0 aliphatic heterocycles. The maximum atomic E-state index is 8.33. The second-order valence-corrected chi connectivity index (χ2v) is 5.09. The Labute approximate surface area is 114 Å². The Morgan fingerprint density at radius 3 is 0.833 bits per heavy atom. The van der Waals surface area contributed by atoms with Crippen LogP contribution in [0.25, 0.3) is 0 Å². The summed E-state index contributed by atoms with van der Waals surface area (Å²) in [5.74, 6) is 1.47. The van der Waals surface area contributed by atoms with E-state index in [-0.39, 0.29) is 19.1 Å². The van der Waals surface area contributed by atoms with Gasteiger partial charge in [0.25, 0.3) is 0 Å². The fourth-order valence-electron chi connectivity index (χ4n) is 0.476. The first-order valence-corrected chi connectivity index (χ1v) is 7.25. The molecule has 0 saturated heterocycles. The smallest absolute Gasteiger partial charge is 0.0478 e. The summed E-state index contributed by atoms with van der Waals surface area (Å²) in [6.07, 6.45) is 3.74. The first kappa shape index (κ1) is 23.0. The van der Waals surface area contributed by atoms with E-state index in [9.17, 15) is 0 Å². The van der Waals surface area contributed by atoms with Gasteiger partial charge < -0.3 is 15.3 Å². The standard InChI is InChI=1S/C6H14.C5H12O.C4H10O2/c1-4-6(3)5-2;1-3-5(2)4-6;1-4(2-5)3-6/h6H,4-5H2,1-3H3;5-6H,3-4H2,1-2H3;4-6H,2-3H2,1H3. The van der Waals surface area contributed by atoms with Crippen molar-refractivity contribution in [2.24, 2.45) is 17.8 Å². The van der Waals surface area contributed by atoms with Crippen molar-refractivity contribution in [2.75, 3.05) is 19.8 Å². The molecule has 0 spiro atoms. The highest BCUT2D eigenvalue weighted by molar-refractivity contribution is 4.42. The van der Waals surface area contributed by atoms with E-state index in [0.717, 1.165) is 12.3 Å². The van der Waals surface area contributed by atoms with Gasteiger partial charge in [0.2, 0.25) is 0 Å². The van der Waals surface area contributed by atoms with Crippen LogP contribution in [-0.2, 0) is 0 Å². The van der Waals surface area contributed by atoms with E-state index >= 15 is 0 Å². The molecular formula is C15H36O3. The predicted molar refractivity (Wildman–Crippen MR) is 79.6 cm³/mol. The fraction of sp³-hybridized carbons (Fsp3) is 1.00. The Morgan fingerprint density at radius 2 is 0.833 bits per heavy atom. The van der Waals surface area contributed by atoms with E-state index in [0.29, 0.717) is 12.5 Å². The number of aliphatic hydroxyl groups is 3. The maximum absolute atomic E-state index is 8.33. The van der Waals surface area contributed by atoms with Crippen molar-refractivity contribution in [1.29, 1.82) is 0 Å². The zero-order chi connectivity index (χ0) is 15.0. The van der Waals surface area contributed by atoms with Gasteiger partial charge in [-0.05, 0) is 11.8 Å². The van der Waals surface area contributed by atoms with Crippen LogP contribution in [0.15, 0.2) is 0 Å². The van der Waals surface area contributed by atoms with Crippen LogP contribution >= 0.6 is 0 Å². The molecule has 0 aliphatic rings. The molecule has 0 amide bonds. The molecular weight excluding hydrogens is 228 g/mol. The lowest BCUT2D eigenvalue weighted by Gasteiger charge is -1.98. The zero-order valence-electron chi connectivity index (χ0n) is 13.3. The molecule has 1 unspecified atom stereocenters. The van der Waals surface area contributed by atoms with E-state index in [1.54, 1.807) is 6.92 Å². The van der Waals surface area contributed by atoms with Gasteiger partial charge in [-0.1, -0.05) is 60.8 Å². The third-order valence-corrected chi connectivity index (χ3v) is 3.03. The van der Waals surface area contributed by atoms with Gasteiger partial charge in [-0.25, -0.2) is 0 Å². The summed E-state index contributed by atoms with van der Waals surface area (Å²) in [7, 11) is 0. The quantitative estimate of drug-likeness (QED) is 0.691. The van der Waals surface area contributed by atoms with Crippen molar-refractivity contribution in [3.05, 3.63) is 0 Å². The van der Waals surface area contributed by atoms with Gasteiger partial charge in [0.1, 0.15) is 0 Å². The van der Waals surface area contributed by atoms with E-state index in [1.807, 2.05) is 6.92 Å². The summed E-state index contributed by atoms with van der Waals surface area (Å²) in [4.78, 5) is 0. The normalized spacial score (nSPS) is 11.5. The third kappa shape index (κ3) is 24.9. The van der Waals surface area contributed by atoms with Gasteiger partial charge >= 0.3 is 0 Å². The molecule has 0 fully saturated rings. The van der Waals surface area contributed by atoms with E-state index < -0.39 is 0 Å². The van der Waals surface area contributed by atoms with Crippen LogP contribution < -0.4 is 0 Å². The lowest BCUT2D eigenvalue weighted by molar-refractivity contribution is 0.162. The Bertz CT molecular complexity index is 93.1. The molecule has 114 valence electrons. The molecule has 0 aromatic rings. The second-order valence-electron chi connectivity index (χ2n) is 5.09. The van der Waals surface area contributed by atoms with Crippen LogP contribution in [0, 0.1) is 17.8 Å². The Kier molecular flexibility index (Phi) is 24.6. The average molecular weight is 264 g/mol. The van der Waals surface area contributed by atoms with Crippen LogP contribution in [0.3, 0.4) is 0 Å². The van der Waals surface area contributed by atoms with Gasteiger partial charge in [0, 0.05) is 25.7 Å². The van der Waals surface area contributed by atoms with Crippen molar-refractivity contribution in [1.82, 2.24) is 0 Å². The van der Waals surface area contributed by atoms with Crippen LogP contribution in [0.2, 0.25) is 0 Å². The topological polar surface area (TPSA) is 60.7 Å². The van der Waals surface area contributed by atoms with Gasteiger partial charge in [-0.2, -0.15) is 0 Å². The Hall–Kier alpha value is -0.120. The van der Waals surface area contributed by atoms with Crippen molar-refractivity contribution in [2.45, 2.75) is 60.8 Å². The lowest BCUT2D eigenvalue weighted by Crippen LogP contribution is -2.04. The molecule has 3 heteroatoms. The van der Waals surface area contributed by atoms with Crippen LogP contribution in [0.5, 0.6) is 0 Å². The minimum atomic E-state index is 0.0463. The lowest BCUT2D eigenvalue weighted by atomic mass is 10.1. The van der Waals surface area contributed by atoms with Crippen LogP contribution in [0.1, 0.15) is 60.8 Å². The highest BCUT2D eigenvalue weighted by Gasteiger charge is 1.92. The molecule has 18 heavy (non-hydrogen) atoms. The van der Waals surface area contributed by atoms with Gasteiger partial charge in [0.05, 0.1) is 0 Å². The van der Waals surface area contributed by atoms with Gasteiger partial charge in [0.15, 0.2) is 0 Å². The molecule has 0 heterocycles. The Morgan fingerprint density at radius 1 is 0.556 bits per heavy atom. The number of rotatable bonds is 6. The van der Waals surface area contributed by atoms with Crippen molar-refractivity contribution >= 4 is 0 Å². The minimum absolute atomic E-state index is 0.0463. The van der Waals surface area contributed by atoms with Crippen molar-refractivity contribution in [3.63, 3.8) is 0 Å². The number of hydrogen-bond donors (Lipinski definition) is 3. The largest absolute Gasteiger partial charge is 0.396 e. The van der Waals surface area contributed by atoms with Gasteiger partial charge in [-0.15, -0.1) is 0 Å². The first-order valence-electron chi connectivity index (χ1n) is 7.25. The monoisotopic (exact) mass is 264 g/mol. The number of hydrogen-bond acceptors (Lipinski definition) is 3. The molecule has 0 bridgehead atoms. The summed E-state index contributed by atoms with van der Waals surface area (Å²) >= 11 is 0. The first-order chi connectivity index (χ1) is 8.42. The van der Waals surface area contributed by atoms with Crippen LogP contribution in [0.4, 0.5) is 0 Å². The molecule has 0 aromatic heterocycles. The molecule has 0 aromatic carbocycles. The highest BCUT2D eigenvalue weighted by Crippen LogP contribution is 2.02. The molecule has 3 nitrogen and oxygen atoms in total. The van der Waals surface area contributed by atoms with Gasteiger partial charge in [-0.3, -0.25) is 0 Å². The minimum Gasteiger partial charge on any atom is -0.396 e. The molecule has 0 saturated carbocycles. The maximum Gasteiger partial charge on any atom is 0.0478 e. The average Bonchev–Trinajstić information content (AvgIpc) is 2.45. The van der Waals surface area contributed by atoms with E-state index in [4.69, 9.17) is 15.3 Å². The molecule has 1 atom stereocenters. The molecule has 0 aliphatic carbocycles. The zero-order valence-corrected chi connectivity index (χ0v) is 13.3. The predicted octanol–water partition coefficient (Wildman–Crippen LogP) is 3.07. The summed E-state index contributed by atoms with van der Waals surface area (Å²) in [5.41, 5.74) is 0. The van der Waals surface area contributed by atoms with E-state index in [2.05, 4.69) is 27.7 Å². The van der Waals surface area contributed by atoms with Crippen molar-refractivity contribution < 1.29 is 15.3 Å². The Balaban J connectivity index is -0.000000187. The molecule has 3 N–H and O–H groups in total. The number of aliphatic hydroxyl groups excluding tert-OH is 3. The second kappa shape index (κ2) is 19.2. The van der Waals surface area contributed by atoms with E-state index in [1.165, 1.54) is 12.8 Å². The highest BCUT2D eigenvalue weighted by atomic mass is 16.3. The summed E-state index contributed by atoms with van der Waals surface area (Å²) < 4.78 is 0. The summed E-state index contributed by atoms with van der Waals surface area (Å²) in [5, 5.41) is 24.7. The fourth-order valence-corrected chi connectivity index (χ4v) is 0.476. The van der Waals surface area contributed by atoms with Crippen molar-refractivity contribution in [3.8, 4) is 0 Å². The molecule has 0 radical (unpaired) electrons.